The monoisotopic (exact) mass is 608 g/mol. The highest BCUT2D eigenvalue weighted by atomic mass is 16.7. The summed E-state index contributed by atoms with van der Waals surface area (Å²) in [4.78, 5) is 12.9. The molecule has 2 aromatic carbocycles. The molecule has 11 atom stereocenters. The Balaban J connectivity index is 1.30. The highest BCUT2D eigenvalue weighted by Crippen LogP contribution is 2.43. The number of hydrogen-bond donors (Lipinski definition) is 8. The van der Waals surface area contributed by atoms with E-state index in [0.29, 0.717) is 5.56 Å². The maximum Gasteiger partial charge on any atom is 0.229 e. The molecule has 0 radical (unpaired) electrons. The number of carbonyl (C=O) groups excluding carboxylic acids is 1. The van der Waals surface area contributed by atoms with E-state index in [4.69, 9.17) is 23.7 Å². The molecule has 2 fully saturated rings. The first-order chi connectivity index (χ1) is 20.4. The maximum atomic E-state index is 12.9. The van der Waals surface area contributed by atoms with E-state index in [-0.39, 0.29) is 53.9 Å². The van der Waals surface area contributed by atoms with Crippen LogP contribution in [0.1, 0.15) is 41.8 Å². The van der Waals surface area contributed by atoms with Crippen molar-refractivity contribution in [3.8, 4) is 28.7 Å². The Hall–Kier alpha value is -3.21. The molecule has 0 spiro atoms. The normalized spacial score (nSPS) is 36.0. The van der Waals surface area contributed by atoms with Crippen LogP contribution in [0.2, 0.25) is 0 Å². The van der Waals surface area contributed by atoms with Gasteiger partial charge in [0, 0.05) is 12.1 Å². The summed E-state index contributed by atoms with van der Waals surface area (Å²) in [5.41, 5.74) is 0.398. The Morgan fingerprint density at radius 2 is 1.60 bits per heavy atom. The van der Waals surface area contributed by atoms with Gasteiger partial charge in [0.2, 0.25) is 6.29 Å². The molecule has 3 aliphatic rings. The number of ketones is 1. The topological polar surface area (TPSA) is 225 Å². The maximum absolute atomic E-state index is 12.9. The van der Waals surface area contributed by atoms with Crippen molar-refractivity contribution in [3.63, 3.8) is 0 Å². The van der Waals surface area contributed by atoms with Gasteiger partial charge in [0.05, 0.1) is 32.3 Å². The van der Waals surface area contributed by atoms with Crippen molar-refractivity contribution in [1.29, 1.82) is 0 Å². The molecule has 0 bridgehead atoms. The minimum atomic E-state index is -1.74. The lowest BCUT2D eigenvalue weighted by Crippen LogP contribution is -2.61. The summed E-state index contributed by atoms with van der Waals surface area (Å²) < 4.78 is 28.1. The van der Waals surface area contributed by atoms with E-state index in [1.807, 2.05) is 0 Å². The van der Waals surface area contributed by atoms with Crippen LogP contribution in [0.3, 0.4) is 0 Å². The fraction of sp³-hybridized carbons (Fsp3) is 0.552. The van der Waals surface area contributed by atoms with E-state index in [1.54, 1.807) is 13.0 Å². The molecule has 0 aromatic heterocycles. The minimum absolute atomic E-state index is 0.0292. The first-order valence-corrected chi connectivity index (χ1v) is 13.9. The zero-order chi connectivity index (χ0) is 31.2. The number of phenols is 2. The fourth-order valence-electron chi connectivity index (χ4n) is 5.65. The Morgan fingerprint density at radius 1 is 0.884 bits per heavy atom. The predicted octanol–water partition coefficient (Wildman–Crippen LogP) is -0.493. The Morgan fingerprint density at radius 3 is 2.30 bits per heavy atom. The zero-order valence-corrected chi connectivity index (χ0v) is 23.4. The van der Waals surface area contributed by atoms with E-state index >= 15 is 0 Å². The first kappa shape index (κ1) is 31.2. The molecule has 0 amide bonds. The lowest BCUT2D eigenvalue weighted by molar-refractivity contribution is -0.285. The summed E-state index contributed by atoms with van der Waals surface area (Å²) in [6.45, 7) is 1.31. The van der Waals surface area contributed by atoms with E-state index in [9.17, 15) is 45.6 Å². The predicted molar refractivity (Wildman–Crippen MR) is 144 cm³/mol. The van der Waals surface area contributed by atoms with E-state index in [1.165, 1.54) is 25.3 Å². The number of aromatic hydroxyl groups is 2. The van der Waals surface area contributed by atoms with Crippen LogP contribution in [0.4, 0.5) is 0 Å². The van der Waals surface area contributed by atoms with Gasteiger partial charge in [0.15, 0.2) is 17.3 Å². The van der Waals surface area contributed by atoms with Crippen molar-refractivity contribution in [2.75, 3.05) is 13.7 Å². The smallest absolute Gasteiger partial charge is 0.229 e. The molecule has 7 unspecified atom stereocenters. The molecule has 236 valence electrons. The summed E-state index contributed by atoms with van der Waals surface area (Å²) in [7, 11) is 1.40. The summed E-state index contributed by atoms with van der Waals surface area (Å²) in [5.74, 6) is -1.30. The highest BCUT2D eigenvalue weighted by molar-refractivity contribution is 6.02. The Kier molecular flexibility index (Phi) is 9.02. The van der Waals surface area contributed by atoms with Gasteiger partial charge >= 0.3 is 0 Å². The van der Waals surface area contributed by atoms with Crippen molar-refractivity contribution in [1.82, 2.24) is 0 Å². The van der Waals surface area contributed by atoms with Crippen molar-refractivity contribution < 1.29 is 69.3 Å². The molecule has 14 heteroatoms. The van der Waals surface area contributed by atoms with Crippen LogP contribution in [0.15, 0.2) is 30.3 Å². The Labute approximate surface area is 246 Å². The number of methoxy groups -OCH3 is 1. The van der Waals surface area contributed by atoms with Gasteiger partial charge in [-0.15, -0.1) is 0 Å². The van der Waals surface area contributed by atoms with Crippen LogP contribution >= 0.6 is 0 Å². The van der Waals surface area contributed by atoms with Crippen LogP contribution in [0.5, 0.6) is 28.7 Å². The van der Waals surface area contributed by atoms with Crippen molar-refractivity contribution in [3.05, 3.63) is 41.5 Å². The zero-order valence-electron chi connectivity index (χ0n) is 23.4. The fourth-order valence-corrected chi connectivity index (χ4v) is 5.65. The van der Waals surface area contributed by atoms with Crippen molar-refractivity contribution in [2.45, 2.75) is 81.0 Å². The molecule has 1 saturated heterocycles. The highest BCUT2D eigenvalue weighted by Gasteiger charge is 2.47. The quantitative estimate of drug-likeness (QED) is 0.199. The van der Waals surface area contributed by atoms with Gasteiger partial charge in [-0.2, -0.15) is 0 Å². The molecular weight excluding hydrogens is 572 g/mol. The van der Waals surface area contributed by atoms with E-state index < -0.39 is 72.8 Å². The molecule has 43 heavy (non-hydrogen) atoms. The molecule has 5 rings (SSSR count). The van der Waals surface area contributed by atoms with Crippen LogP contribution in [-0.4, -0.2) is 115 Å². The first-order valence-electron chi connectivity index (χ1n) is 13.9. The molecule has 2 heterocycles. The summed E-state index contributed by atoms with van der Waals surface area (Å²) in [6.07, 6.45) is -13.5. The number of fused-ring (bicyclic) bond motifs is 1. The lowest BCUT2D eigenvalue weighted by Gasteiger charge is -2.42. The van der Waals surface area contributed by atoms with Gasteiger partial charge in [-0.1, -0.05) is 13.0 Å². The van der Waals surface area contributed by atoms with Gasteiger partial charge in [-0.3, -0.25) is 4.79 Å². The summed E-state index contributed by atoms with van der Waals surface area (Å²) in [6, 6.07) is 6.96. The SMILES string of the molecule is COc1ccc(C2CC(=O)c3c(O)cc(O[C@@H]4OC(CO[C@@H]5CC(C)[C@H](O)C(O)C5O)[C@@H](O)C(O)C4O)cc3O2)cc1O. The standard InChI is InChI=1S/C29H36O14/c1-11-5-20(24(34)26(36)23(11)33)40-10-21-25(35)27(37)28(38)29(43-21)41-13-7-15(31)22-16(32)9-18(42-19(22)8-13)12-3-4-17(39-2)14(30)6-12/h3-4,6-8,11,18,20-21,23-31,33-38H,5,9-10H2,1-2H3/t11?,18?,20-,21?,23+,24?,25-,26?,27?,28?,29-/m1/s1. The van der Waals surface area contributed by atoms with Gasteiger partial charge in [0.25, 0.3) is 0 Å². The number of benzene rings is 2. The van der Waals surface area contributed by atoms with Gasteiger partial charge in [0.1, 0.15) is 65.5 Å². The second-order valence-electron chi connectivity index (χ2n) is 11.2. The number of hydrogen-bond acceptors (Lipinski definition) is 14. The number of ether oxygens (including phenoxy) is 5. The number of Topliss-reactive ketones (excluding diaryl/α,β-unsaturated/α-hetero) is 1. The third-order valence-corrected chi connectivity index (χ3v) is 8.21. The second kappa shape index (κ2) is 12.4. The number of aliphatic hydroxyl groups is 6. The molecule has 2 aromatic rings. The average Bonchev–Trinajstić information content (AvgIpc) is 2.97. The molecule has 8 N–H and O–H groups in total. The molecule has 1 aliphatic carbocycles. The third kappa shape index (κ3) is 6.10. The number of rotatable bonds is 7. The van der Waals surface area contributed by atoms with Gasteiger partial charge in [-0.05, 0) is 30.0 Å². The molecule has 2 aliphatic heterocycles. The average molecular weight is 609 g/mol. The van der Waals surface area contributed by atoms with E-state index in [0.717, 1.165) is 6.07 Å². The number of phenolic OH excluding ortho intramolecular Hbond substituents is 2. The molecule has 14 nitrogen and oxygen atoms in total. The minimum Gasteiger partial charge on any atom is -0.507 e. The van der Waals surface area contributed by atoms with Crippen molar-refractivity contribution in [2.24, 2.45) is 5.92 Å². The molecule has 1 saturated carbocycles. The third-order valence-electron chi connectivity index (χ3n) is 8.21. The van der Waals surface area contributed by atoms with Crippen molar-refractivity contribution >= 4 is 5.78 Å². The van der Waals surface area contributed by atoms with Gasteiger partial charge in [-0.25, -0.2) is 0 Å². The summed E-state index contributed by atoms with van der Waals surface area (Å²) in [5, 5.41) is 82.7. The summed E-state index contributed by atoms with van der Waals surface area (Å²) >= 11 is 0. The van der Waals surface area contributed by atoms with Crippen LogP contribution in [0.25, 0.3) is 0 Å². The van der Waals surface area contributed by atoms with E-state index in [2.05, 4.69) is 0 Å². The largest absolute Gasteiger partial charge is 0.507 e. The number of aliphatic hydroxyl groups excluding tert-OH is 6. The van der Waals surface area contributed by atoms with Gasteiger partial charge < -0.3 is 64.5 Å². The second-order valence-corrected chi connectivity index (χ2v) is 11.2. The van der Waals surface area contributed by atoms with Crippen LogP contribution < -0.4 is 14.2 Å². The van der Waals surface area contributed by atoms with Crippen LogP contribution in [-0.2, 0) is 9.47 Å². The Bertz CT molecular complexity index is 1320. The van der Waals surface area contributed by atoms with Crippen LogP contribution in [0, 0.1) is 5.92 Å². The molecular formula is C29H36O14. The number of carbonyl (C=O) groups is 1. The lowest BCUT2D eigenvalue weighted by atomic mass is 9.82.